The smallest absolute Gasteiger partial charge is 0.326 e. The predicted octanol–water partition coefficient (Wildman–Crippen LogP) is 3.46. The van der Waals surface area contributed by atoms with E-state index in [1.165, 1.54) is 0 Å². The molecule has 5 rings (SSSR count). The molecule has 1 amide bonds. The number of anilines is 1. The van der Waals surface area contributed by atoms with E-state index in [0.29, 0.717) is 23.3 Å². The van der Waals surface area contributed by atoms with Crippen LogP contribution < -0.4 is 15.9 Å². The van der Waals surface area contributed by atoms with Gasteiger partial charge in [0, 0.05) is 35.4 Å². The molecule has 7 nitrogen and oxygen atoms in total. The van der Waals surface area contributed by atoms with Crippen LogP contribution in [0.25, 0.3) is 11.0 Å². The van der Waals surface area contributed by atoms with Gasteiger partial charge < -0.3 is 20.1 Å². The SMILES string of the molecule is O=C1NCN(c2ccc(Cl)cc2)C12CCN(CCCn1c(=O)[nH]c3cc(Cl)ccc31)CC2. The minimum atomic E-state index is -0.503. The first-order valence-corrected chi connectivity index (χ1v) is 11.6. The summed E-state index contributed by atoms with van der Waals surface area (Å²) in [5.41, 5.74) is 2.04. The second-order valence-corrected chi connectivity index (χ2v) is 9.41. The summed E-state index contributed by atoms with van der Waals surface area (Å²) in [5, 5.41) is 4.33. The van der Waals surface area contributed by atoms with E-state index in [1.54, 1.807) is 16.7 Å². The van der Waals surface area contributed by atoms with Crippen LogP contribution in [0.4, 0.5) is 5.69 Å². The fourth-order valence-corrected chi connectivity index (χ4v) is 5.30. The Morgan fingerprint density at radius 1 is 0.938 bits per heavy atom. The Morgan fingerprint density at radius 3 is 2.41 bits per heavy atom. The fourth-order valence-electron chi connectivity index (χ4n) is 5.00. The van der Waals surface area contributed by atoms with Gasteiger partial charge in [-0.1, -0.05) is 23.2 Å². The Hall–Kier alpha value is -2.48. The number of likely N-dealkylation sites (tertiary alicyclic amines) is 1. The number of halogens is 2. The number of benzene rings is 2. The number of aromatic amines is 1. The molecule has 168 valence electrons. The summed E-state index contributed by atoms with van der Waals surface area (Å²) in [5.74, 6) is 0.108. The highest BCUT2D eigenvalue weighted by Crippen LogP contribution is 2.36. The van der Waals surface area contributed by atoms with Gasteiger partial charge in [0.05, 0.1) is 17.7 Å². The third-order valence-electron chi connectivity index (χ3n) is 6.75. The molecule has 1 aromatic heterocycles. The van der Waals surface area contributed by atoms with Crippen LogP contribution in [0.1, 0.15) is 19.3 Å². The van der Waals surface area contributed by atoms with Crippen molar-refractivity contribution in [3.63, 3.8) is 0 Å². The van der Waals surface area contributed by atoms with Crippen molar-refractivity contribution in [2.24, 2.45) is 0 Å². The number of hydrogen-bond donors (Lipinski definition) is 2. The maximum atomic E-state index is 12.8. The molecule has 0 bridgehead atoms. The molecule has 2 N–H and O–H groups in total. The average Bonchev–Trinajstić information content (AvgIpc) is 3.26. The van der Waals surface area contributed by atoms with Gasteiger partial charge in [-0.2, -0.15) is 0 Å². The lowest BCUT2D eigenvalue weighted by atomic mass is 9.85. The highest BCUT2D eigenvalue weighted by atomic mass is 35.5. The Labute approximate surface area is 195 Å². The molecule has 2 aliphatic heterocycles. The van der Waals surface area contributed by atoms with Crippen molar-refractivity contribution in [3.8, 4) is 0 Å². The molecule has 0 aliphatic carbocycles. The van der Waals surface area contributed by atoms with Crippen LogP contribution in [0.15, 0.2) is 47.3 Å². The van der Waals surface area contributed by atoms with Gasteiger partial charge in [0.25, 0.3) is 0 Å². The van der Waals surface area contributed by atoms with E-state index in [4.69, 9.17) is 23.2 Å². The maximum absolute atomic E-state index is 12.8. The van der Waals surface area contributed by atoms with E-state index in [0.717, 1.165) is 55.6 Å². The Kier molecular flexibility index (Phi) is 5.65. The molecule has 3 heterocycles. The van der Waals surface area contributed by atoms with Crippen molar-refractivity contribution in [2.45, 2.75) is 31.3 Å². The average molecular weight is 474 g/mol. The minimum Gasteiger partial charge on any atom is -0.339 e. The molecule has 2 aliphatic rings. The quantitative estimate of drug-likeness (QED) is 0.594. The number of hydrogen-bond acceptors (Lipinski definition) is 4. The van der Waals surface area contributed by atoms with E-state index in [1.807, 2.05) is 30.3 Å². The standard InChI is InChI=1S/C23H25Cl2N5O2/c24-16-2-5-18(6-3-16)30-15-26-21(31)23(30)8-12-28(13-9-23)10-1-11-29-20-7-4-17(25)14-19(20)27-22(29)32/h2-7,14H,1,8-13,15H2,(H,26,31)(H,27,32). The summed E-state index contributed by atoms with van der Waals surface area (Å²) in [6.07, 6.45) is 2.40. The van der Waals surface area contributed by atoms with Gasteiger partial charge >= 0.3 is 5.69 Å². The summed E-state index contributed by atoms with van der Waals surface area (Å²) < 4.78 is 1.77. The first-order valence-electron chi connectivity index (χ1n) is 10.9. The van der Waals surface area contributed by atoms with E-state index < -0.39 is 5.54 Å². The Morgan fingerprint density at radius 2 is 1.66 bits per heavy atom. The van der Waals surface area contributed by atoms with Crippen LogP contribution in [0, 0.1) is 0 Å². The summed E-state index contributed by atoms with van der Waals surface area (Å²) in [6.45, 7) is 3.73. The number of amides is 1. The van der Waals surface area contributed by atoms with Crippen LogP contribution in [0.3, 0.4) is 0 Å². The van der Waals surface area contributed by atoms with Crippen LogP contribution >= 0.6 is 23.2 Å². The van der Waals surface area contributed by atoms with Gasteiger partial charge in [-0.3, -0.25) is 9.36 Å². The van der Waals surface area contributed by atoms with E-state index in [9.17, 15) is 9.59 Å². The highest BCUT2D eigenvalue weighted by Gasteiger charge is 2.50. The van der Waals surface area contributed by atoms with Crippen molar-refractivity contribution >= 4 is 45.8 Å². The lowest BCUT2D eigenvalue weighted by Crippen LogP contribution is -2.56. The van der Waals surface area contributed by atoms with Crippen molar-refractivity contribution in [2.75, 3.05) is 31.2 Å². The second kappa shape index (κ2) is 8.46. The molecule has 2 fully saturated rings. The summed E-state index contributed by atoms with van der Waals surface area (Å²) in [6, 6.07) is 13.1. The third kappa shape index (κ3) is 3.78. The van der Waals surface area contributed by atoms with Crippen LogP contribution in [0.5, 0.6) is 0 Å². The van der Waals surface area contributed by atoms with E-state index >= 15 is 0 Å². The number of carbonyl (C=O) groups is 1. The number of carbonyl (C=O) groups excluding carboxylic acids is 1. The number of nitrogens with one attached hydrogen (secondary N) is 2. The molecular weight excluding hydrogens is 449 g/mol. The largest absolute Gasteiger partial charge is 0.339 e. The van der Waals surface area contributed by atoms with Gasteiger partial charge in [-0.25, -0.2) is 4.79 Å². The van der Waals surface area contributed by atoms with Crippen molar-refractivity contribution < 1.29 is 4.79 Å². The van der Waals surface area contributed by atoms with Gasteiger partial charge in [0.2, 0.25) is 5.91 Å². The summed E-state index contributed by atoms with van der Waals surface area (Å²) in [4.78, 5) is 32.6. The van der Waals surface area contributed by atoms with Crippen LogP contribution in [0.2, 0.25) is 10.0 Å². The summed E-state index contributed by atoms with van der Waals surface area (Å²) in [7, 11) is 0. The summed E-state index contributed by atoms with van der Waals surface area (Å²) >= 11 is 12.1. The van der Waals surface area contributed by atoms with Crippen LogP contribution in [-0.2, 0) is 11.3 Å². The van der Waals surface area contributed by atoms with Crippen molar-refractivity contribution in [3.05, 3.63) is 63.0 Å². The zero-order valence-corrected chi connectivity index (χ0v) is 19.1. The fraction of sp³-hybridized carbons (Fsp3) is 0.391. The highest BCUT2D eigenvalue weighted by molar-refractivity contribution is 6.31. The Balaban J connectivity index is 1.21. The van der Waals surface area contributed by atoms with E-state index in [2.05, 4.69) is 20.1 Å². The molecule has 2 saturated heterocycles. The van der Waals surface area contributed by atoms with Gasteiger partial charge in [-0.05, 0) is 68.3 Å². The lowest BCUT2D eigenvalue weighted by Gasteiger charge is -2.43. The maximum Gasteiger partial charge on any atom is 0.326 e. The number of imidazole rings is 1. The molecule has 0 radical (unpaired) electrons. The van der Waals surface area contributed by atoms with E-state index in [-0.39, 0.29) is 11.6 Å². The zero-order chi connectivity index (χ0) is 22.3. The molecule has 0 unspecified atom stereocenters. The number of nitrogens with zero attached hydrogens (tertiary/aromatic N) is 3. The molecule has 2 aromatic carbocycles. The first-order chi connectivity index (χ1) is 15.5. The first kappa shape index (κ1) is 21.4. The topological polar surface area (TPSA) is 73.4 Å². The molecule has 0 atom stereocenters. The van der Waals surface area contributed by atoms with Crippen LogP contribution in [-0.4, -0.2) is 52.2 Å². The molecule has 1 spiro atoms. The number of piperidine rings is 1. The molecular formula is C23H25Cl2N5O2. The zero-order valence-electron chi connectivity index (χ0n) is 17.6. The number of aromatic nitrogens is 2. The Bertz CT molecular complexity index is 1200. The number of rotatable bonds is 5. The second-order valence-electron chi connectivity index (χ2n) is 8.54. The molecule has 9 heteroatoms. The molecule has 0 saturated carbocycles. The minimum absolute atomic E-state index is 0.108. The number of H-pyrrole nitrogens is 1. The van der Waals surface area contributed by atoms with Crippen molar-refractivity contribution in [1.29, 1.82) is 0 Å². The number of fused-ring (bicyclic) bond motifs is 1. The molecule has 32 heavy (non-hydrogen) atoms. The number of aryl methyl sites for hydroxylation is 1. The van der Waals surface area contributed by atoms with Crippen molar-refractivity contribution in [1.82, 2.24) is 19.8 Å². The monoisotopic (exact) mass is 473 g/mol. The predicted molar refractivity (Wildman–Crippen MR) is 128 cm³/mol. The normalized spacial score (nSPS) is 18.6. The molecule has 3 aromatic rings. The third-order valence-corrected chi connectivity index (χ3v) is 7.24. The van der Waals surface area contributed by atoms with Gasteiger partial charge in [-0.15, -0.1) is 0 Å². The van der Waals surface area contributed by atoms with Gasteiger partial charge in [0.1, 0.15) is 5.54 Å². The van der Waals surface area contributed by atoms with Gasteiger partial charge in [0.15, 0.2) is 0 Å². The lowest BCUT2D eigenvalue weighted by molar-refractivity contribution is -0.125.